The number of nitrogens with one attached hydrogen (secondary N) is 1. The predicted octanol–water partition coefficient (Wildman–Crippen LogP) is 2.30. The number of ether oxygens (including phenoxy) is 1. The number of fused-ring (bicyclic) bond motifs is 1. The second-order valence-corrected chi connectivity index (χ2v) is 7.26. The molecule has 2 aromatic rings. The number of esters is 1. The van der Waals surface area contributed by atoms with Crippen molar-refractivity contribution in [2.75, 3.05) is 11.8 Å². The van der Waals surface area contributed by atoms with Gasteiger partial charge < -0.3 is 4.74 Å². The molecule has 2 rings (SSSR count). The van der Waals surface area contributed by atoms with E-state index in [1.807, 2.05) is 12.1 Å². The van der Waals surface area contributed by atoms with Crippen LogP contribution in [0.15, 0.2) is 34.9 Å². The Hall–Kier alpha value is -1.67. The lowest BCUT2D eigenvalue weighted by Gasteiger charge is -2.14. The number of benzene rings is 1. The number of sulfonamides is 1. The standard InChI is InChI=1S/C13H13BrN2O4S/c1-8(13(17)20-2)21(18,19)16-11-5-3-4-9-6-10(14)7-15-12(9)11/h3-8,16H,1-2H3. The Bertz CT molecular complexity index is 792. The summed E-state index contributed by atoms with van der Waals surface area (Å²) in [6, 6.07) is 6.93. The normalized spacial score (nSPS) is 12.9. The number of aromatic nitrogens is 1. The number of nitrogens with zero attached hydrogens (tertiary/aromatic N) is 1. The first kappa shape index (κ1) is 15.7. The first-order valence-corrected chi connectivity index (χ1v) is 8.33. The number of halogens is 1. The molecular weight excluding hydrogens is 360 g/mol. The number of anilines is 1. The third-order valence-corrected chi connectivity index (χ3v) is 4.99. The monoisotopic (exact) mass is 372 g/mol. The molecule has 1 heterocycles. The summed E-state index contributed by atoms with van der Waals surface area (Å²) in [4.78, 5) is 15.6. The largest absolute Gasteiger partial charge is 0.468 e. The van der Waals surface area contributed by atoms with Gasteiger partial charge >= 0.3 is 5.97 Å². The van der Waals surface area contributed by atoms with Crippen LogP contribution in [-0.2, 0) is 19.6 Å². The fraction of sp³-hybridized carbons (Fsp3) is 0.231. The van der Waals surface area contributed by atoms with Crippen molar-refractivity contribution in [3.8, 4) is 0 Å². The Morgan fingerprint density at radius 1 is 1.43 bits per heavy atom. The third-order valence-electron chi connectivity index (χ3n) is 2.93. The molecule has 6 nitrogen and oxygen atoms in total. The summed E-state index contributed by atoms with van der Waals surface area (Å²) in [7, 11) is -2.76. The fourth-order valence-corrected chi connectivity index (χ4v) is 3.10. The molecule has 0 fully saturated rings. The van der Waals surface area contributed by atoms with Crippen LogP contribution in [0.2, 0.25) is 0 Å². The van der Waals surface area contributed by atoms with Gasteiger partial charge in [0, 0.05) is 16.1 Å². The second-order valence-electron chi connectivity index (χ2n) is 4.34. The predicted molar refractivity (Wildman–Crippen MR) is 83.5 cm³/mol. The van der Waals surface area contributed by atoms with Crippen molar-refractivity contribution < 1.29 is 17.9 Å². The lowest BCUT2D eigenvalue weighted by Crippen LogP contribution is -2.33. The lowest BCUT2D eigenvalue weighted by molar-refractivity contribution is -0.139. The number of methoxy groups -OCH3 is 1. The molecule has 0 bridgehead atoms. The molecule has 0 aliphatic heterocycles. The van der Waals surface area contributed by atoms with Gasteiger partial charge in [0.2, 0.25) is 10.0 Å². The van der Waals surface area contributed by atoms with Crippen LogP contribution in [0.3, 0.4) is 0 Å². The maximum atomic E-state index is 12.2. The van der Waals surface area contributed by atoms with E-state index < -0.39 is 21.2 Å². The zero-order valence-electron chi connectivity index (χ0n) is 11.3. The van der Waals surface area contributed by atoms with Gasteiger partial charge in [0.25, 0.3) is 0 Å². The minimum atomic E-state index is -3.90. The minimum absolute atomic E-state index is 0.316. The molecular formula is C13H13BrN2O4S. The molecule has 0 radical (unpaired) electrons. The van der Waals surface area contributed by atoms with E-state index in [0.717, 1.165) is 17.0 Å². The van der Waals surface area contributed by atoms with Crippen molar-refractivity contribution in [2.45, 2.75) is 12.2 Å². The zero-order chi connectivity index (χ0) is 15.6. The molecule has 0 aliphatic rings. The van der Waals surface area contributed by atoms with Crippen LogP contribution in [0.4, 0.5) is 5.69 Å². The van der Waals surface area contributed by atoms with E-state index in [1.165, 1.54) is 6.92 Å². The summed E-state index contributed by atoms with van der Waals surface area (Å²) in [5.41, 5.74) is 0.817. The number of pyridine rings is 1. The van der Waals surface area contributed by atoms with E-state index in [9.17, 15) is 13.2 Å². The summed E-state index contributed by atoms with van der Waals surface area (Å²) in [6.07, 6.45) is 1.57. The molecule has 0 aliphatic carbocycles. The Labute approximate surface area is 130 Å². The first-order valence-electron chi connectivity index (χ1n) is 5.99. The van der Waals surface area contributed by atoms with E-state index in [4.69, 9.17) is 0 Å². The molecule has 0 spiro atoms. The van der Waals surface area contributed by atoms with Gasteiger partial charge in [-0.2, -0.15) is 0 Å². The van der Waals surface area contributed by atoms with Crippen LogP contribution in [0.1, 0.15) is 6.92 Å². The minimum Gasteiger partial charge on any atom is -0.468 e. The molecule has 112 valence electrons. The quantitative estimate of drug-likeness (QED) is 0.832. The van der Waals surface area contributed by atoms with Crippen LogP contribution < -0.4 is 4.72 Å². The highest BCUT2D eigenvalue weighted by Gasteiger charge is 2.29. The SMILES string of the molecule is COC(=O)C(C)S(=O)(=O)Nc1cccc2cc(Br)cnc12. The molecule has 1 aromatic carbocycles. The topological polar surface area (TPSA) is 85.4 Å². The van der Waals surface area contributed by atoms with E-state index in [0.29, 0.717) is 11.2 Å². The van der Waals surface area contributed by atoms with Crippen molar-refractivity contribution in [3.05, 3.63) is 34.9 Å². The van der Waals surface area contributed by atoms with Crippen molar-refractivity contribution in [3.63, 3.8) is 0 Å². The Morgan fingerprint density at radius 2 is 2.14 bits per heavy atom. The van der Waals surface area contributed by atoms with Gasteiger partial charge in [-0.05, 0) is 35.0 Å². The van der Waals surface area contributed by atoms with E-state index in [2.05, 4.69) is 30.4 Å². The van der Waals surface area contributed by atoms with Gasteiger partial charge in [0.15, 0.2) is 5.25 Å². The molecule has 1 aromatic heterocycles. The highest BCUT2D eigenvalue weighted by atomic mass is 79.9. The fourth-order valence-electron chi connectivity index (χ4n) is 1.75. The molecule has 0 saturated carbocycles. The summed E-state index contributed by atoms with van der Waals surface area (Å²) in [5, 5.41) is -0.538. The molecule has 1 N–H and O–H groups in total. The summed E-state index contributed by atoms with van der Waals surface area (Å²) in [6.45, 7) is 1.27. The Balaban J connectivity index is 2.42. The van der Waals surface area contributed by atoms with Gasteiger partial charge in [-0.15, -0.1) is 0 Å². The average molecular weight is 373 g/mol. The highest BCUT2D eigenvalue weighted by molar-refractivity contribution is 9.10. The van der Waals surface area contributed by atoms with Crippen LogP contribution >= 0.6 is 15.9 Å². The molecule has 0 saturated heterocycles. The second kappa shape index (κ2) is 5.98. The van der Waals surface area contributed by atoms with E-state index in [1.54, 1.807) is 18.3 Å². The number of para-hydroxylation sites is 1. The summed E-state index contributed by atoms with van der Waals surface area (Å²) in [5.74, 6) is -0.821. The van der Waals surface area contributed by atoms with Crippen LogP contribution in [0, 0.1) is 0 Å². The number of rotatable bonds is 4. The lowest BCUT2D eigenvalue weighted by atomic mass is 10.2. The number of hydrogen-bond donors (Lipinski definition) is 1. The molecule has 1 unspecified atom stereocenters. The van der Waals surface area contributed by atoms with Gasteiger partial charge in [0.05, 0.1) is 18.3 Å². The van der Waals surface area contributed by atoms with Gasteiger partial charge in [-0.3, -0.25) is 14.5 Å². The Kier molecular flexibility index (Phi) is 4.48. The average Bonchev–Trinajstić information content (AvgIpc) is 2.45. The maximum absolute atomic E-state index is 12.2. The van der Waals surface area contributed by atoms with Crippen LogP contribution in [0.25, 0.3) is 10.9 Å². The van der Waals surface area contributed by atoms with Gasteiger partial charge in [-0.25, -0.2) is 8.42 Å². The molecule has 8 heteroatoms. The molecule has 21 heavy (non-hydrogen) atoms. The number of carbonyl (C=O) groups is 1. The highest BCUT2D eigenvalue weighted by Crippen LogP contribution is 2.25. The van der Waals surface area contributed by atoms with Crippen molar-refractivity contribution in [2.24, 2.45) is 0 Å². The number of hydrogen-bond acceptors (Lipinski definition) is 5. The number of carbonyl (C=O) groups excluding carboxylic acids is 1. The van der Waals surface area contributed by atoms with Crippen molar-refractivity contribution in [1.82, 2.24) is 4.98 Å². The summed E-state index contributed by atoms with van der Waals surface area (Å²) >= 11 is 3.31. The zero-order valence-corrected chi connectivity index (χ0v) is 13.7. The van der Waals surface area contributed by atoms with Gasteiger partial charge in [0.1, 0.15) is 0 Å². The Morgan fingerprint density at radius 3 is 2.81 bits per heavy atom. The summed E-state index contributed by atoms with van der Waals surface area (Å²) < 4.78 is 32.0. The van der Waals surface area contributed by atoms with E-state index in [-0.39, 0.29) is 0 Å². The smallest absolute Gasteiger partial charge is 0.325 e. The van der Waals surface area contributed by atoms with Gasteiger partial charge in [-0.1, -0.05) is 12.1 Å². The first-order chi connectivity index (χ1) is 9.85. The van der Waals surface area contributed by atoms with E-state index >= 15 is 0 Å². The maximum Gasteiger partial charge on any atom is 0.325 e. The van der Waals surface area contributed by atoms with Crippen molar-refractivity contribution >= 4 is 48.5 Å². The van der Waals surface area contributed by atoms with Crippen molar-refractivity contribution in [1.29, 1.82) is 0 Å². The molecule has 1 atom stereocenters. The molecule has 0 amide bonds. The van der Waals surface area contributed by atoms with Crippen LogP contribution in [-0.4, -0.2) is 31.7 Å². The third kappa shape index (κ3) is 3.33. The van der Waals surface area contributed by atoms with Crippen LogP contribution in [0.5, 0.6) is 0 Å².